The number of thiocarbonyl (C=S) groups is 1. The van der Waals surface area contributed by atoms with Crippen LogP contribution in [0, 0.1) is 0 Å². The lowest BCUT2D eigenvalue weighted by molar-refractivity contribution is -0.115. The largest absolute Gasteiger partial charge is 0.350 e. The third kappa shape index (κ3) is 1.85. The number of para-hydroxylation sites is 1. The van der Waals surface area contributed by atoms with Crippen LogP contribution < -0.4 is 5.32 Å². The summed E-state index contributed by atoms with van der Waals surface area (Å²) >= 11 is 6.28. The molecular formula is C13H10N2OS2. The number of fused-ring (bicyclic) bond motifs is 1. The smallest absolute Gasteiger partial charge is 0.263 e. The van der Waals surface area contributed by atoms with Crippen molar-refractivity contribution < 1.29 is 4.79 Å². The summed E-state index contributed by atoms with van der Waals surface area (Å²) < 4.78 is 2.57. The first-order chi connectivity index (χ1) is 8.65. The predicted octanol–water partition coefficient (Wildman–Crippen LogP) is 2.67. The van der Waals surface area contributed by atoms with E-state index in [0.717, 1.165) is 16.5 Å². The number of nitrogens with zero attached hydrogens (tertiary/aromatic N) is 1. The van der Waals surface area contributed by atoms with E-state index in [4.69, 9.17) is 12.2 Å². The molecule has 18 heavy (non-hydrogen) atoms. The molecule has 0 radical (unpaired) electrons. The molecule has 3 rings (SSSR count). The molecule has 90 valence electrons. The van der Waals surface area contributed by atoms with Crippen molar-refractivity contribution in [1.82, 2.24) is 9.88 Å². The number of amides is 1. The fourth-order valence-electron chi connectivity index (χ4n) is 2.05. The number of carbonyl (C=O) groups excluding carboxylic acids is 1. The van der Waals surface area contributed by atoms with Gasteiger partial charge in [0.15, 0.2) is 0 Å². The van der Waals surface area contributed by atoms with Gasteiger partial charge in [-0.15, -0.1) is 0 Å². The van der Waals surface area contributed by atoms with Gasteiger partial charge in [-0.25, -0.2) is 0 Å². The topological polar surface area (TPSA) is 34.0 Å². The van der Waals surface area contributed by atoms with Gasteiger partial charge in [-0.05, 0) is 12.1 Å². The fraction of sp³-hybridized carbons (Fsp3) is 0.0769. The van der Waals surface area contributed by atoms with E-state index in [1.54, 1.807) is 0 Å². The van der Waals surface area contributed by atoms with Crippen LogP contribution in [-0.4, -0.2) is 14.8 Å². The van der Waals surface area contributed by atoms with Crippen LogP contribution in [0.4, 0.5) is 0 Å². The highest BCUT2D eigenvalue weighted by Crippen LogP contribution is 2.29. The van der Waals surface area contributed by atoms with Crippen molar-refractivity contribution in [2.75, 3.05) is 0 Å². The molecule has 1 fully saturated rings. The molecule has 1 amide bonds. The predicted molar refractivity (Wildman–Crippen MR) is 79.2 cm³/mol. The van der Waals surface area contributed by atoms with Gasteiger partial charge in [0.1, 0.15) is 4.32 Å². The zero-order chi connectivity index (χ0) is 12.7. The SMILES string of the molecule is Cn1cc(C=C2SC(=S)NC2=O)c2ccccc21. The zero-order valence-corrected chi connectivity index (χ0v) is 11.3. The van der Waals surface area contributed by atoms with Crippen LogP contribution in [0.2, 0.25) is 0 Å². The summed E-state index contributed by atoms with van der Waals surface area (Å²) in [7, 11) is 2.00. The Hall–Kier alpha value is -1.59. The van der Waals surface area contributed by atoms with Gasteiger partial charge in [0.25, 0.3) is 5.91 Å². The van der Waals surface area contributed by atoms with Crippen LogP contribution >= 0.6 is 24.0 Å². The van der Waals surface area contributed by atoms with E-state index >= 15 is 0 Å². The van der Waals surface area contributed by atoms with E-state index in [1.807, 2.05) is 31.5 Å². The van der Waals surface area contributed by atoms with Crippen LogP contribution in [0.3, 0.4) is 0 Å². The highest BCUT2D eigenvalue weighted by molar-refractivity contribution is 8.26. The number of carbonyl (C=O) groups is 1. The number of hydrogen-bond acceptors (Lipinski definition) is 3. The molecule has 0 aliphatic carbocycles. The van der Waals surface area contributed by atoms with E-state index < -0.39 is 0 Å². The van der Waals surface area contributed by atoms with E-state index in [-0.39, 0.29) is 5.91 Å². The Kier molecular flexibility index (Phi) is 2.72. The van der Waals surface area contributed by atoms with E-state index in [0.29, 0.717) is 9.23 Å². The number of nitrogens with one attached hydrogen (secondary N) is 1. The Morgan fingerprint density at radius 2 is 2.17 bits per heavy atom. The number of rotatable bonds is 1. The first kappa shape index (κ1) is 11.5. The second-order valence-corrected chi connectivity index (χ2v) is 5.78. The van der Waals surface area contributed by atoms with Gasteiger partial charge < -0.3 is 9.88 Å². The number of aromatic nitrogens is 1. The molecule has 5 heteroatoms. The summed E-state index contributed by atoms with van der Waals surface area (Å²) in [6.07, 6.45) is 3.91. The molecule has 1 saturated heterocycles. The summed E-state index contributed by atoms with van der Waals surface area (Å²) in [6.45, 7) is 0. The molecule has 0 saturated carbocycles. The molecule has 1 N–H and O–H groups in total. The quantitative estimate of drug-likeness (QED) is 0.641. The maximum Gasteiger partial charge on any atom is 0.263 e. The normalized spacial score (nSPS) is 17.7. The van der Waals surface area contributed by atoms with Crippen LogP contribution in [-0.2, 0) is 11.8 Å². The Morgan fingerprint density at radius 1 is 1.39 bits per heavy atom. The second kappa shape index (κ2) is 4.26. The summed E-state index contributed by atoms with van der Waals surface area (Å²) in [4.78, 5) is 12.3. The average Bonchev–Trinajstić information content (AvgIpc) is 2.82. The lowest BCUT2D eigenvalue weighted by Crippen LogP contribution is -2.17. The molecule has 2 heterocycles. The summed E-state index contributed by atoms with van der Waals surface area (Å²) in [5, 5.41) is 3.76. The lowest BCUT2D eigenvalue weighted by Gasteiger charge is -1.93. The van der Waals surface area contributed by atoms with E-state index in [2.05, 4.69) is 22.0 Å². The summed E-state index contributed by atoms with van der Waals surface area (Å²) in [5.41, 5.74) is 2.19. The highest BCUT2D eigenvalue weighted by Gasteiger charge is 2.22. The molecule has 3 nitrogen and oxygen atoms in total. The van der Waals surface area contributed by atoms with Gasteiger partial charge in [0, 0.05) is 29.7 Å². The Labute approximate surface area is 114 Å². The van der Waals surface area contributed by atoms with Gasteiger partial charge in [0.2, 0.25) is 0 Å². The van der Waals surface area contributed by atoms with Gasteiger partial charge in [0.05, 0.1) is 4.91 Å². The number of thioether (sulfide) groups is 1. The van der Waals surface area contributed by atoms with Crippen molar-refractivity contribution in [3.05, 3.63) is 40.9 Å². The zero-order valence-electron chi connectivity index (χ0n) is 9.64. The molecule has 0 atom stereocenters. The molecule has 2 aromatic rings. The van der Waals surface area contributed by atoms with Gasteiger partial charge in [-0.2, -0.15) is 0 Å². The van der Waals surface area contributed by atoms with E-state index in [9.17, 15) is 4.79 Å². The summed E-state index contributed by atoms with van der Waals surface area (Å²) in [5.74, 6) is -0.113. The number of hydrogen-bond donors (Lipinski definition) is 1. The lowest BCUT2D eigenvalue weighted by atomic mass is 10.1. The van der Waals surface area contributed by atoms with Crippen molar-refractivity contribution >= 4 is 51.2 Å². The first-order valence-electron chi connectivity index (χ1n) is 5.44. The molecule has 0 spiro atoms. The molecule has 1 aliphatic heterocycles. The molecular weight excluding hydrogens is 264 g/mol. The molecule has 1 aromatic carbocycles. The maximum atomic E-state index is 11.6. The number of aryl methyl sites for hydroxylation is 1. The standard InChI is InChI=1S/C13H10N2OS2/c1-15-7-8(9-4-2-3-5-10(9)15)6-11-12(16)14-13(17)18-11/h2-7H,1H3,(H,14,16,17). The van der Waals surface area contributed by atoms with Crippen molar-refractivity contribution in [2.45, 2.75) is 0 Å². The molecule has 0 bridgehead atoms. The van der Waals surface area contributed by atoms with Crippen LogP contribution in [0.15, 0.2) is 35.4 Å². The van der Waals surface area contributed by atoms with Gasteiger partial charge in [-0.3, -0.25) is 4.79 Å². The highest BCUT2D eigenvalue weighted by atomic mass is 32.2. The van der Waals surface area contributed by atoms with Crippen molar-refractivity contribution in [3.8, 4) is 0 Å². The van der Waals surface area contributed by atoms with Crippen LogP contribution in [0.1, 0.15) is 5.56 Å². The summed E-state index contributed by atoms with van der Waals surface area (Å²) in [6, 6.07) is 8.11. The first-order valence-corrected chi connectivity index (χ1v) is 6.66. The number of benzene rings is 1. The van der Waals surface area contributed by atoms with Gasteiger partial charge >= 0.3 is 0 Å². The minimum atomic E-state index is -0.113. The maximum absolute atomic E-state index is 11.6. The Bertz CT molecular complexity index is 700. The van der Waals surface area contributed by atoms with Crippen LogP contribution in [0.25, 0.3) is 17.0 Å². The third-order valence-electron chi connectivity index (χ3n) is 2.86. The molecule has 0 unspecified atom stereocenters. The Morgan fingerprint density at radius 3 is 2.89 bits per heavy atom. The third-order valence-corrected chi connectivity index (χ3v) is 4.02. The molecule has 1 aliphatic rings. The van der Waals surface area contributed by atoms with E-state index in [1.165, 1.54) is 11.8 Å². The van der Waals surface area contributed by atoms with Crippen molar-refractivity contribution in [2.24, 2.45) is 7.05 Å². The monoisotopic (exact) mass is 274 g/mol. The average molecular weight is 274 g/mol. The second-order valence-electron chi connectivity index (χ2n) is 4.06. The molecule has 1 aromatic heterocycles. The van der Waals surface area contributed by atoms with Crippen molar-refractivity contribution in [1.29, 1.82) is 0 Å². The minimum absolute atomic E-state index is 0.113. The van der Waals surface area contributed by atoms with Gasteiger partial charge in [-0.1, -0.05) is 42.2 Å². The Balaban J connectivity index is 2.13. The fourth-order valence-corrected chi connectivity index (χ4v) is 3.09. The van der Waals surface area contributed by atoms with Crippen LogP contribution in [0.5, 0.6) is 0 Å². The van der Waals surface area contributed by atoms with Crippen molar-refractivity contribution in [3.63, 3.8) is 0 Å². The minimum Gasteiger partial charge on any atom is -0.350 e.